The summed E-state index contributed by atoms with van der Waals surface area (Å²) < 4.78 is 34.2. The van der Waals surface area contributed by atoms with Crippen molar-refractivity contribution in [1.29, 1.82) is 5.41 Å². The van der Waals surface area contributed by atoms with Crippen molar-refractivity contribution >= 4 is 33.5 Å². The number of sulfone groups is 1. The molecule has 1 amide bonds. The highest BCUT2D eigenvalue weighted by Crippen LogP contribution is 2.25. The second-order valence-electron chi connectivity index (χ2n) is 5.85. The van der Waals surface area contributed by atoms with Crippen molar-refractivity contribution in [3.05, 3.63) is 42.0 Å². The summed E-state index contributed by atoms with van der Waals surface area (Å²) in [6, 6.07) is 8.59. The smallest absolute Gasteiger partial charge is 0.257 e. The summed E-state index contributed by atoms with van der Waals surface area (Å²) in [6.45, 7) is 3.62. The van der Waals surface area contributed by atoms with Crippen molar-refractivity contribution in [2.45, 2.75) is 24.8 Å². The van der Waals surface area contributed by atoms with Crippen LogP contribution in [0.1, 0.15) is 24.2 Å². The molecule has 0 fully saturated rings. The number of benzene rings is 1. The Bertz CT molecular complexity index is 957. The third-order valence-electron chi connectivity index (χ3n) is 3.10. The lowest BCUT2D eigenvalue weighted by Crippen LogP contribution is -2.26. The predicted molar refractivity (Wildman–Crippen MR) is 104 cm³/mol. The summed E-state index contributed by atoms with van der Waals surface area (Å²) in [5.74, 6) is 0.0235. The molecule has 2 rings (SSSR count). The minimum Gasteiger partial charge on any atom is -0.475 e. The molecule has 10 heteroatoms. The summed E-state index contributed by atoms with van der Waals surface area (Å²) in [6.07, 6.45) is 0.932. The van der Waals surface area contributed by atoms with Crippen LogP contribution in [0.25, 0.3) is 0 Å². The Kier molecular flexibility index (Phi) is 6.45. The van der Waals surface area contributed by atoms with E-state index in [2.05, 4.69) is 22.9 Å². The summed E-state index contributed by atoms with van der Waals surface area (Å²) in [4.78, 5) is 16.5. The summed E-state index contributed by atoms with van der Waals surface area (Å²) >= 11 is 3.73. The molecule has 0 saturated heterocycles. The average Bonchev–Trinajstić information content (AvgIpc) is 2.53. The molecule has 2 aromatic rings. The molecule has 2 N–H and O–H groups in total. The maximum absolute atomic E-state index is 12.1. The van der Waals surface area contributed by atoms with Crippen molar-refractivity contribution in [1.82, 2.24) is 10.3 Å². The second-order valence-corrected chi connectivity index (χ2v) is 8.31. The van der Waals surface area contributed by atoms with E-state index in [0.717, 1.165) is 6.26 Å². The third-order valence-corrected chi connectivity index (χ3v) is 4.34. The van der Waals surface area contributed by atoms with E-state index in [1.807, 2.05) is 13.8 Å². The molecular formula is C17H19N3O5S2. The quantitative estimate of drug-likeness (QED) is 0.383. The predicted octanol–water partition coefficient (Wildman–Crippen LogP) is 2.66. The van der Waals surface area contributed by atoms with Gasteiger partial charge < -0.3 is 14.8 Å². The first kappa shape index (κ1) is 20.7. The maximum atomic E-state index is 12.1. The van der Waals surface area contributed by atoms with Crippen LogP contribution in [-0.4, -0.2) is 36.8 Å². The van der Waals surface area contributed by atoms with E-state index >= 15 is 0 Å². The molecule has 0 unspecified atom stereocenters. The van der Waals surface area contributed by atoms with Gasteiger partial charge in [0.25, 0.3) is 5.91 Å². The minimum absolute atomic E-state index is 0.0797. The number of amides is 1. The molecule has 1 aromatic carbocycles. The minimum atomic E-state index is -3.31. The number of carbonyl (C=O) groups is 1. The topological polar surface area (TPSA) is 118 Å². The number of carbonyl (C=O) groups excluding carboxylic acids is 1. The van der Waals surface area contributed by atoms with Crippen molar-refractivity contribution in [2.75, 3.05) is 6.26 Å². The van der Waals surface area contributed by atoms with Crippen LogP contribution in [0.4, 0.5) is 0 Å². The molecule has 8 nitrogen and oxygen atoms in total. The SMILES string of the molecule is CC(C)Oc1cc(C(=O)NC(=N)S)cc(Oc2ccc(S(C)(=O)=O)cc2)n1. The zero-order valence-corrected chi connectivity index (χ0v) is 16.6. The van der Waals surface area contributed by atoms with Crippen LogP contribution in [0.15, 0.2) is 41.3 Å². The normalized spacial score (nSPS) is 11.1. The number of aromatic nitrogens is 1. The first-order valence-corrected chi connectivity index (χ1v) is 10.1. The Morgan fingerprint density at radius 2 is 1.78 bits per heavy atom. The lowest BCUT2D eigenvalue weighted by atomic mass is 10.2. The fraction of sp³-hybridized carbons (Fsp3) is 0.235. The van der Waals surface area contributed by atoms with Gasteiger partial charge in [0.05, 0.1) is 16.6 Å². The van der Waals surface area contributed by atoms with E-state index in [4.69, 9.17) is 14.9 Å². The number of rotatable bonds is 6. The molecule has 0 atom stereocenters. The van der Waals surface area contributed by atoms with Crippen LogP contribution in [0.2, 0.25) is 0 Å². The van der Waals surface area contributed by atoms with Crippen molar-refractivity contribution in [3.63, 3.8) is 0 Å². The fourth-order valence-corrected chi connectivity index (χ4v) is 2.75. The molecule has 1 heterocycles. The number of thiol groups is 1. The number of amidine groups is 1. The number of nitrogens with zero attached hydrogens (tertiary/aromatic N) is 1. The summed E-state index contributed by atoms with van der Waals surface area (Å²) in [5, 5.41) is 9.20. The zero-order valence-electron chi connectivity index (χ0n) is 14.9. The summed E-state index contributed by atoms with van der Waals surface area (Å²) in [7, 11) is -3.31. The molecule has 0 aliphatic rings. The van der Waals surface area contributed by atoms with Crippen LogP contribution in [-0.2, 0) is 9.84 Å². The van der Waals surface area contributed by atoms with Gasteiger partial charge in [-0.05, 0) is 38.1 Å². The second kappa shape index (κ2) is 8.40. The van der Waals surface area contributed by atoms with E-state index in [-0.39, 0.29) is 33.5 Å². The van der Waals surface area contributed by atoms with Gasteiger partial charge in [-0.2, -0.15) is 4.98 Å². The molecule has 1 aromatic heterocycles. The van der Waals surface area contributed by atoms with Crippen LogP contribution in [0.3, 0.4) is 0 Å². The maximum Gasteiger partial charge on any atom is 0.257 e. The van der Waals surface area contributed by atoms with Gasteiger partial charge in [0, 0.05) is 18.4 Å². The van der Waals surface area contributed by atoms with Crippen molar-refractivity contribution < 1.29 is 22.7 Å². The van der Waals surface area contributed by atoms with Gasteiger partial charge in [-0.25, -0.2) is 8.42 Å². The number of nitrogens with one attached hydrogen (secondary N) is 2. The standard InChI is InChI=1S/C17H19N3O5S2/c1-10(2)24-14-8-11(16(21)20-17(18)26)9-15(19-14)25-12-4-6-13(7-5-12)27(3,22)23/h4-10H,1-3H3,(H3,18,20,21,26). The van der Waals surface area contributed by atoms with Crippen molar-refractivity contribution in [2.24, 2.45) is 0 Å². The monoisotopic (exact) mass is 409 g/mol. The Morgan fingerprint density at radius 1 is 1.19 bits per heavy atom. The summed E-state index contributed by atoms with van der Waals surface area (Å²) in [5.41, 5.74) is 0.169. The van der Waals surface area contributed by atoms with Gasteiger partial charge in [0.1, 0.15) is 5.75 Å². The highest BCUT2D eigenvalue weighted by Gasteiger charge is 2.14. The van der Waals surface area contributed by atoms with Crippen LogP contribution in [0, 0.1) is 5.41 Å². The zero-order chi connectivity index (χ0) is 20.2. The Labute approximate surface area is 162 Å². The highest BCUT2D eigenvalue weighted by atomic mass is 32.2. The number of pyridine rings is 1. The van der Waals surface area contributed by atoms with Gasteiger partial charge in [0.2, 0.25) is 11.8 Å². The number of hydrogen-bond donors (Lipinski definition) is 3. The van der Waals surface area contributed by atoms with Crippen LogP contribution >= 0.6 is 12.6 Å². The third kappa shape index (κ3) is 6.26. The molecule has 27 heavy (non-hydrogen) atoms. The largest absolute Gasteiger partial charge is 0.475 e. The number of ether oxygens (including phenoxy) is 2. The molecule has 0 spiro atoms. The van der Waals surface area contributed by atoms with E-state index in [0.29, 0.717) is 5.75 Å². The average molecular weight is 409 g/mol. The molecule has 0 aliphatic heterocycles. The van der Waals surface area contributed by atoms with E-state index in [1.54, 1.807) is 0 Å². The van der Waals surface area contributed by atoms with Gasteiger partial charge in [-0.3, -0.25) is 10.2 Å². The van der Waals surface area contributed by atoms with E-state index < -0.39 is 15.7 Å². The molecule has 0 saturated carbocycles. The first-order valence-electron chi connectivity index (χ1n) is 7.80. The van der Waals surface area contributed by atoms with Crippen LogP contribution in [0.5, 0.6) is 17.5 Å². The van der Waals surface area contributed by atoms with Gasteiger partial charge in [0.15, 0.2) is 15.0 Å². The van der Waals surface area contributed by atoms with Gasteiger partial charge in [-0.15, -0.1) is 12.6 Å². The molecule has 0 aliphatic carbocycles. The molecule has 144 valence electrons. The van der Waals surface area contributed by atoms with Gasteiger partial charge >= 0.3 is 0 Å². The Balaban J connectivity index is 2.34. The molecule has 0 bridgehead atoms. The van der Waals surface area contributed by atoms with Crippen LogP contribution < -0.4 is 14.8 Å². The molecular weight excluding hydrogens is 390 g/mol. The lowest BCUT2D eigenvalue weighted by Gasteiger charge is -2.13. The highest BCUT2D eigenvalue weighted by molar-refractivity contribution is 7.96. The number of hydrogen-bond acceptors (Lipinski definition) is 7. The fourth-order valence-electron chi connectivity index (χ4n) is 2.02. The molecule has 0 radical (unpaired) electrons. The van der Waals surface area contributed by atoms with Crippen molar-refractivity contribution in [3.8, 4) is 17.5 Å². The van der Waals surface area contributed by atoms with Gasteiger partial charge in [-0.1, -0.05) is 0 Å². The Morgan fingerprint density at radius 3 is 2.30 bits per heavy atom. The lowest BCUT2D eigenvalue weighted by molar-refractivity contribution is 0.0976. The van der Waals surface area contributed by atoms with E-state index in [1.165, 1.54) is 36.4 Å². The van der Waals surface area contributed by atoms with E-state index in [9.17, 15) is 13.2 Å². The first-order chi connectivity index (χ1) is 12.5. The Hall–Kier alpha value is -2.59.